The van der Waals surface area contributed by atoms with E-state index in [-0.39, 0.29) is 0 Å². The molecule has 0 radical (unpaired) electrons. The van der Waals surface area contributed by atoms with Crippen molar-refractivity contribution in [3.63, 3.8) is 0 Å². The third kappa shape index (κ3) is 3.15. The second-order valence-electron chi connectivity index (χ2n) is 3.55. The predicted molar refractivity (Wildman–Crippen MR) is 42.2 cm³/mol. The molecule has 10 heavy (non-hydrogen) atoms. The van der Waals surface area contributed by atoms with Gasteiger partial charge in [0.25, 0.3) is 0 Å². The molecule has 2 unspecified atom stereocenters. The minimum absolute atomic E-state index is 0.466. The topological polar surface area (TPSA) is 72.3 Å². The van der Waals surface area contributed by atoms with Gasteiger partial charge in [-0.05, 0) is 19.3 Å². The molecule has 0 heterocycles. The highest BCUT2D eigenvalue weighted by Crippen LogP contribution is 2.14. The van der Waals surface area contributed by atoms with Gasteiger partial charge >= 0.3 is 0 Å². The first kappa shape index (κ1) is 9.88. The molecular formula is C7H18N2O. The van der Waals surface area contributed by atoms with E-state index in [1.807, 2.05) is 13.8 Å². The van der Waals surface area contributed by atoms with E-state index in [2.05, 4.69) is 0 Å². The van der Waals surface area contributed by atoms with E-state index < -0.39 is 11.8 Å². The summed E-state index contributed by atoms with van der Waals surface area (Å²) in [5.74, 6) is 0.466. The fourth-order valence-corrected chi connectivity index (χ4v) is 1.00. The van der Waals surface area contributed by atoms with Gasteiger partial charge in [-0.25, -0.2) is 0 Å². The predicted octanol–water partition coefficient (Wildman–Crippen LogP) is 0.0270. The monoisotopic (exact) mass is 146 g/mol. The normalized spacial score (nSPS) is 20.7. The third-order valence-electron chi connectivity index (χ3n) is 1.52. The quantitative estimate of drug-likeness (QED) is 0.492. The molecule has 0 spiro atoms. The van der Waals surface area contributed by atoms with Crippen LogP contribution in [-0.4, -0.2) is 16.9 Å². The van der Waals surface area contributed by atoms with Gasteiger partial charge in [0, 0.05) is 0 Å². The molecule has 0 fully saturated rings. The lowest BCUT2D eigenvalue weighted by Crippen LogP contribution is -2.53. The molecule has 62 valence electrons. The first-order chi connectivity index (χ1) is 4.36. The molecule has 2 atom stereocenters. The lowest BCUT2D eigenvalue weighted by Gasteiger charge is -2.29. The van der Waals surface area contributed by atoms with Gasteiger partial charge in [-0.2, -0.15) is 0 Å². The van der Waals surface area contributed by atoms with Crippen molar-refractivity contribution in [2.45, 2.75) is 39.0 Å². The van der Waals surface area contributed by atoms with Crippen molar-refractivity contribution in [2.75, 3.05) is 0 Å². The largest absolute Gasteiger partial charge is 0.377 e. The Morgan fingerprint density at radius 3 is 2.00 bits per heavy atom. The van der Waals surface area contributed by atoms with Gasteiger partial charge in [0.15, 0.2) is 0 Å². The van der Waals surface area contributed by atoms with Gasteiger partial charge in [0.1, 0.15) is 6.23 Å². The first-order valence-corrected chi connectivity index (χ1v) is 3.59. The standard InChI is InChI=1S/C7H18N2O/c1-5(2)4-7(3,9)6(8)10/h5-6,10H,4,8-9H2,1-3H3. The van der Waals surface area contributed by atoms with Crippen molar-refractivity contribution >= 4 is 0 Å². The fraction of sp³-hybridized carbons (Fsp3) is 1.00. The highest BCUT2D eigenvalue weighted by molar-refractivity contribution is 4.83. The molecule has 0 amide bonds. The Hall–Kier alpha value is -0.120. The van der Waals surface area contributed by atoms with Crippen LogP contribution in [0.15, 0.2) is 0 Å². The Bertz CT molecular complexity index is 99.8. The number of nitrogens with two attached hydrogens (primary N) is 2. The van der Waals surface area contributed by atoms with Crippen LogP contribution in [0.3, 0.4) is 0 Å². The molecule has 0 aromatic carbocycles. The summed E-state index contributed by atoms with van der Waals surface area (Å²) in [7, 11) is 0. The minimum atomic E-state index is -0.921. The SMILES string of the molecule is CC(C)CC(C)(N)C(N)O. The maximum Gasteiger partial charge on any atom is 0.120 e. The molecule has 5 N–H and O–H groups in total. The van der Waals surface area contributed by atoms with E-state index in [0.717, 1.165) is 6.42 Å². The number of aliphatic hydroxyl groups is 1. The molecule has 0 aliphatic heterocycles. The minimum Gasteiger partial charge on any atom is -0.377 e. The van der Waals surface area contributed by atoms with E-state index in [1.165, 1.54) is 0 Å². The lowest BCUT2D eigenvalue weighted by atomic mass is 9.90. The summed E-state index contributed by atoms with van der Waals surface area (Å²) in [5, 5.41) is 8.98. The molecular weight excluding hydrogens is 128 g/mol. The summed E-state index contributed by atoms with van der Waals surface area (Å²) < 4.78 is 0. The zero-order chi connectivity index (χ0) is 8.36. The van der Waals surface area contributed by atoms with Gasteiger partial charge in [0.05, 0.1) is 5.54 Å². The maximum absolute atomic E-state index is 8.98. The van der Waals surface area contributed by atoms with Crippen molar-refractivity contribution < 1.29 is 5.11 Å². The summed E-state index contributed by atoms with van der Waals surface area (Å²) in [6, 6.07) is 0. The van der Waals surface area contributed by atoms with Gasteiger partial charge in [0.2, 0.25) is 0 Å². The van der Waals surface area contributed by atoms with Gasteiger partial charge < -0.3 is 16.6 Å². The molecule has 0 rings (SSSR count). The van der Waals surface area contributed by atoms with Crippen LogP contribution in [0.25, 0.3) is 0 Å². The highest BCUT2D eigenvalue weighted by atomic mass is 16.3. The zero-order valence-electron chi connectivity index (χ0n) is 6.96. The van der Waals surface area contributed by atoms with Crippen LogP contribution in [0, 0.1) is 5.92 Å². The van der Waals surface area contributed by atoms with Crippen molar-refractivity contribution in [1.29, 1.82) is 0 Å². The van der Waals surface area contributed by atoms with E-state index in [1.54, 1.807) is 6.92 Å². The van der Waals surface area contributed by atoms with Gasteiger partial charge in [-0.15, -0.1) is 0 Å². The smallest absolute Gasteiger partial charge is 0.120 e. The summed E-state index contributed by atoms with van der Waals surface area (Å²) in [6.45, 7) is 5.86. The summed E-state index contributed by atoms with van der Waals surface area (Å²) in [6.07, 6.45) is -0.181. The maximum atomic E-state index is 8.98. The molecule has 0 saturated heterocycles. The van der Waals surface area contributed by atoms with Crippen LogP contribution in [0.2, 0.25) is 0 Å². The molecule has 0 saturated carbocycles. The molecule has 3 nitrogen and oxygen atoms in total. The van der Waals surface area contributed by atoms with E-state index in [0.29, 0.717) is 5.92 Å². The Kier molecular flexibility index (Phi) is 3.28. The van der Waals surface area contributed by atoms with Crippen LogP contribution >= 0.6 is 0 Å². The Morgan fingerprint density at radius 2 is 1.90 bits per heavy atom. The van der Waals surface area contributed by atoms with Crippen LogP contribution in [0.5, 0.6) is 0 Å². The lowest BCUT2D eigenvalue weighted by molar-refractivity contribution is 0.0866. The van der Waals surface area contributed by atoms with Crippen LogP contribution < -0.4 is 11.5 Å². The van der Waals surface area contributed by atoms with Crippen molar-refractivity contribution in [3.8, 4) is 0 Å². The average molecular weight is 146 g/mol. The number of hydrogen-bond donors (Lipinski definition) is 3. The third-order valence-corrected chi connectivity index (χ3v) is 1.52. The van der Waals surface area contributed by atoms with Crippen LogP contribution in [0.1, 0.15) is 27.2 Å². The van der Waals surface area contributed by atoms with Crippen molar-refractivity contribution in [1.82, 2.24) is 0 Å². The number of aliphatic hydroxyl groups excluding tert-OH is 1. The van der Waals surface area contributed by atoms with Gasteiger partial charge in [-0.3, -0.25) is 0 Å². The summed E-state index contributed by atoms with van der Waals surface area (Å²) >= 11 is 0. The van der Waals surface area contributed by atoms with E-state index in [4.69, 9.17) is 16.6 Å². The summed E-state index contributed by atoms with van der Waals surface area (Å²) in [4.78, 5) is 0. The highest BCUT2D eigenvalue weighted by Gasteiger charge is 2.25. The second-order valence-corrected chi connectivity index (χ2v) is 3.55. The molecule has 0 aliphatic rings. The second kappa shape index (κ2) is 3.32. The number of hydrogen-bond acceptors (Lipinski definition) is 3. The van der Waals surface area contributed by atoms with Gasteiger partial charge in [-0.1, -0.05) is 13.8 Å². The number of rotatable bonds is 3. The van der Waals surface area contributed by atoms with Crippen LogP contribution in [0.4, 0.5) is 0 Å². The van der Waals surface area contributed by atoms with E-state index >= 15 is 0 Å². The molecule has 0 aromatic rings. The Labute approximate surface area is 62.4 Å². The van der Waals surface area contributed by atoms with Crippen molar-refractivity contribution in [2.24, 2.45) is 17.4 Å². The molecule has 0 aliphatic carbocycles. The molecule has 0 aromatic heterocycles. The Morgan fingerprint density at radius 1 is 1.50 bits per heavy atom. The van der Waals surface area contributed by atoms with Crippen molar-refractivity contribution in [3.05, 3.63) is 0 Å². The van der Waals surface area contributed by atoms with E-state index in [9.17, 15) is 0 Å². The zero-order valence-corrected chi connectivity index (χ0v) is 6.96. The molecule has 0 bridgehead atoms. The van der Waals surface area contributed by atoms with Crippen LogP contribution in [-0.2, 0) is 0 Å². The first-order valence-electron chi connectivity index (χ1n) is 3.59. The fourth-order valence-electron chi connectivity index (χ4n) is 1.00. The Balaban J connectivity index is 3.87. The average Bonchev–Trinajstić information content (AvgIpc) is 1.60. The molecule has 3 heteroatoms. The summed E-state index contributed by atoms with van der Waals surface area (Å²) in [5.41, 5.74) is 10.3.